The molecule has 0 aliphatic heterocycles. The topological polar surface area (TPSA) is 63.2 Å². The Balaban J connectivity index is 1.63. The van der Waals surface area contributed by atoms with E-state index in [0.717, 1.165) is 11.1 Å². The molecule has 5 nitrogen and oxygen atoms in total. The van der Waals surface area contributed by atoms with Crippen LogP contribution in [-0.2, 0) is 11.2 Å². The highest BCUT2D eigenvalue weighted by Gasteiger charge is 2.07. The summed E-state index contributed by atoms with van der Waals surface area (Å²) in [6.45, 7) is 2.01. The number of amides is 1. The van der Waals surface area contributed by atoms with Gasteiger partial charge < -0.3 is 15.4 Å². The molecule has 0 radical (unpaired) electrons. The van der Waals surface area contributed by atoms with E-state index >= 15 is 0 Å². The number of pyridine rings is 1. The summed E-state index contributed by atoms with van der Waals surface area (Å²) in [7, 11) is 1.59. The predicted octanol–water partition coefficient (Wildman–Crippen LogP) is 4.98. The molecule has 0 spiro atoms. The Labute approximate surface area is 163 Å². The van der Waals surface area contributed by atoms with Crippen molar-refractivity contribution in [1.82, 2.24) is 4.98 Å². The van der Waals surface area contributed by atoms with Crippen LogP contribution in [0.2, 0.25) is 5.02 Å². The molecule has 1 aromatic heterocycles. The molecule has 0 saturated heterocycles. The van der Waals surface area contributed by atoms with Gasteiger partial charge in [-0.15, -0.1) is 0 Å². The third kappa shape index (κ3) is 5.21. The monoisotopic (exact) mass is 381 g/mol. The Morgan fingerprint density at radius 1 is 1.15 bits per heavy atom. The number of nitrogens with zero attached hydrogens (tertiary/aromatic N) is 1. The van der Waals surface area contributed by atoms with E-state index in [1.54, 1.807) is 43.6 Å². The van der Waals surface area contributed by atoms with E-state index in [4.69, 9.17) is 16.3 Å². The summed E-state index contributed by atoms with van der Waals surface area (Å²) in [6, 6.07) is 16.8. The number of rotatable bonds is 6. The Hall–Kier alpha value is -3.05. The maximum absolute atomic E-state index is 12.2. The lowest BCUT2D eigenvalue weighted by atomic mass is 10.1. The standard InChI is InChI=1S/C21H20ClN3O2/c1-14-4-3-5-15(10-14)11-21(26)24-17-7-9-20(23-13-17)25-18-12-16(22)6-8-19(18)27-2/h3-10,12-13H,11H2,1-2H3,(H,23,25)(H,24,26). The summed E-state index contributed by atoms with van der Waals surface area (Å²) in [4.78, 5) is 16.5. The number of aryl methyl sites for hydroxylation is 1. The first-order valence-corrected chi connectivity index (χ1v) is 8.83. The lowest BCUT2D eigenvalue weighted by molar-refractivity contribution is -0.115. The van der Waals surface area contributed by atoms with Crippen LogP contribution in [0.25, 0.3) is 0 Å². The number of methoxy groups -OCH3 is 1. The van der Waals surface area contributed by atoms with Crippen molar-refractivity contribution in [2.24, 2.45) is 0 Å². The van der Waals surface area contributed by atoms with Gasteiger partial charge in [-0.1, -0.05) is 41.4 Å². The fourth-order valence-electron chi connectivity index (χ4n) is 2.67. The third-order valence-electron chi connectivity index (χ3n) is 3.92. The lowest BCUT2D eigenvalue weighted by Gasteiger charge is -2.11. The number of anilines is 3. The molecule has 3 aromatic rings. The van der Waals surface area contributed by atoms with Gasteiger partial charge in [0.2, 0.25) is 5.91 Å². The van der Waals surface area contributed by atoms with E-state index in [1.165, 1.54) is 0 Å². The molecule has 2 aromatic carbocycles. The van der Waals surface area contributed by atoms with Crippen molar-refractivity contribution in [1.29, 1.82) is 0 Å². The molecule has 3 rings (SSSR count). The zero-order valence-corrected chi connectivity index (χ0v) is 15.9. The van der Waals surface area contributed by atoms with Gasteiger partial charge in [-0.2, -0.15) is 0 Å². The summed E-state index contributed by atoms with van der Waals surface area (Å²) in [5.74, 6) is 1.20. The number of carbonyl (C=O) groups excluding carboxylic acids is 1. The number of carbonyl (C=O) groups is 1. The van der Waals surface area contributed by atoms with Gasteiger partial charge in [0.25, 0.3) is 0 Å². The normalized spacial score (nSPS) is 10.3. The van der Waals surface area contributed by atoms with Gasteiger partial charge in [0, 0.05) is 5.02 Å². The van der Waals surface area contributed by atoms with Crippen molar-refractivity contribution >= 4 is 34.7 Å². The van der Waals surface area contributed by atoms with E-state index in [9.17, 15) is 4.79 Å². The molecule has 0 aliphatic rings. The average Bonchev–Trinajstić information content (AvgIpc) is 2.63. The molecular weight excluding hydrogens is 362 g/mol. The molecule has 0 bridgehead atoms. The first-order valence-electron chi connectivity index (χ1n) is 8.45. The molecule has 0 aliphatic carbocycles. The molecular formula is C21H20ClN3O2. The number of halogens is 1. The second-order valence-electron chi connectivity index (χ2n) is 6.12. The highest BCUT2D eigenvalue weighted by molar-refractivity contribution is 6.31. The summed E-state index contributed by atoms with van der Waals surface area (Å²) in [6.07, 6.45) is 1.93. The largest absolute Gasteiger partial charge is 0.495 e. The van der Waals surface area contributed by atoms with Gasteiger partial charge in [0.05, 0.1) is 31.1 Å². The quantitative estimate of drug-likeness (QED) is 0.632. The molecule has 0 unspecified atom stereocenters. The van der Waals surface area contributed by atoms with Crippen molar-refractivity contribution in [3.8, 4) is 5.75 Å². The minimum Gasteiger partial charge on any atom is -0.495 e. The maximum Gasteiger partial charge on any atom is 0.228 e. The Morgan fingerprint density at radius 2 is 2.00 bits per heavy atom. The lowest BCUT2D eigenvalue weighted by Crippen LogP contribution is -2.14. The second kappa shape index (κ2) is 8.56. The van der Waals surface area contributed by atoms with Crippen molar-refractivity contribution in [3.05, 3.63) is 76.9 Å². The van der Waals surface area contributed by atoms with E-state index in [1.807, 2.05) is 31.2 Å². The minimum absolute atomic E-state index is 0.0837. The van der Waals surface area contributed by atoms with Crippen molar-refractivity contribution in [3.63, 3.8) is 0 Å². The van der Waals surface area contributed by atoms with Crippen LogP contribution >= 0.6 is 11.6 Å². The van der Waals surface area contributed by atoms with Crippen LogP contribution in [0.5, 0.6) is 5.75 Å². The number of benzene rings is 2. The van der Waals surface area contributed by atoms with Gasteiger partial charge in [-0.25, -0.2) is 4.98 Å². The average molecular weight is 382 g/mol. The molecule has 1 amide bonds. The highest BCUT2D eigenvalue weighted by Crippen LogP contribution is 2.30. The molecule has 138 valence electrons. The second-order valence-corrected chi connectivity index (χ2v) is 6.55. The number of ether oxygens (including phenoxy) is 1. The van der Waals surface area contributed by atoms with E-state index in [-0.39, 0.29) is 5.91 Å². The van der Waals surface area contributed by atoms with Crippen LogP contribution in [0.4, 0.5) is 17.2 Å². The number of hydrogen-bond donors (Lipinski definition) is 2. The molecule has 2 N–H and O–H groups in total. The van der Waals surface area contributed by atoms with Gasteiger partial charge in [-0.05, 0) is 42.8 Å². The van der Waals surface area contributed by atoms with Crippen molar-refractivity contribution in [2.45, 2.75) is 13.3 Å². The van der Waals surface area contributed by atoms with Crippen molar-refractivity contribution in [2.75, 3.05) is 17.7 Å². The number of aromatic nitrogens is 1. The highest BCUT2D eigenvalue weighted by atomic mass is 35.5. The van der Waals surface area contributed by atoms with Crippen LogP contribution in [-0.4, -0.2) is 18.0 Å². The molecule has 0 saturated carbocycles. The Kier molecular flexibility index (Phi) is 5.94. The summed E-state index contributed by atoms with van der Waals surface area (Å²) in [5.41, 5.74) is 3.46. The van der Waals surface area contributed by atoms with Gasteiger partial charge in [-0.3, -0.25) is 4.79 Å². The van der Waals surface area contributed by atoms with E-state index in [0.29, 0.717) is 34.4 Å². The number of nitrogens with one attached hydrogen (secondary N) is 2. The molecule has 0 atom stereocenters. The van der Waals surface area contributed by atoms with Gasteiger partial charge in [0.15, 0.2) is 0 Å². The maximum atomic E-state index is 12.2. The zero-order chi connectivity index (χ0) is 19.2. The first-order chi connectivity index (χ1) is 13.0. The summed E-state index contributed by atoms with van der Waals surface area (Å²) < 4.78 is 5.31. The molecule has 0 fully saturated rings. The fraction of sp³-hybridized carbons (Fsp3) is 0.143. The molecule has 1 heterocycles. The van der Waals surface area contributed by atoms with E-state index in [2.05, 4.69) is 15.6 Å². The van der Waals surface area contributed by atoms with Crippen LogP contribution < -0.4 is 15.4 Å². The summed E-state index contributed by atoms with van der Waals surface area (Å²) in [5, 5.41) is 6.61. The minimum atomic E-state index is -0.0837. The van der Waals surface area contributed by atoms with Gasteiger partial charge in [0.1, 0.15) is 11.6 Å². The van der Waals surface area contributed by atoms with Crippen LogP contribution in [0, 0.1) is 6.92 Å². The summed E-state index contributed by atoms with van der Waals surface area (Å²) >= 11 is 6.04. The predicted molar refractivity (Wildman–Crippen MR) is 109 cm³/mol. The Morgan fingerprint density at radius 3 is 2.70 bits per heavy atom. The first kappa shape index (κ1) is 18.7. The molecule has 6 heteroatoms. The Bertz CT molecular complexity index is 942. The smallest absolute Gasteiger partial charge is 0.228 e. The SMILES string of the molecule is COc1ccc(Cl)cc1Nc1ccc(NC(=O)Cc2cccc(C)c2)cn1. The zero-order valence-electron chi connectivity index (χ0n) is 15.1. The fourth-order valence-corrected chi connectivity index (χ4v) is 2.84. The van der Waals surface area contributed by atoms with Crippen molar-refractivity contribution < 1.29 is 9.53 Å². The van der Waals surface area contributed by atoms with Crippen LogP contribution in [0.3, 0.4) is 0 Å². The molecule has 27 heavy (non-hydrogen) atoms. The van der Waals surface area contributed by atoms with Gasteiger partial charge >= 0.3 is 0 Å². The van der Waals surface area contributed by atoms with Crippen LogP contribution in [0.15, 0.2) is 60.8 Å². The van der Waals surface area contributed by atoms with E-state index < -0.39 is 0 Å². The van der Waals surface area contributed by atoms with Crippen LogP contribution in [0.1, 0.15) is 11.1 Å². The third-order valence-corrected chi connectivity index (χ3v) is 4.15. The number of hydrogen-bond acceptors (Lipinski definition) is 4.